The minimum atomic E-state index is -1.35. The van der Waals surface area contributed by atoms with Crippen LogP contribution in [-0.2, 0) is 17.8 Å². The summed E-state index contributed by atoms with van der Waals surface area (Å²) < 4.78 is 9.97. The molecule has 11 nitrogen and oxygen atoms in total. The van der Waals surface area contributed by atoms with E-state index in [1.807, 2.05) is 87.1 Å². The number of ketones is 1. The highest BCUT2D eigenvalue weighted by molar-refractivity contribution is 6.30. The number of hydrogen-bond acceptors (Lipinski definition) is 8. The normalized spacial score (nSPS) is 11.3. The molecule has 2 aliphatic rings. The zero-order valence-electron chi connectivity index (χ0n) is 34.8. The van der Waals surface area contributed by atoms with Crippen molar-refractivity contribution in [2.45, 2.75) is 45.6 Å². The summed E-state index contributed by atoms with van der Waals surface area (Å²) in [6.45, 7) is 2.02. The number of nitrogens with zero attached hydrogens (tertiary/aromatic N) is 3. The van der Waals surface area contributed by atoms with Gasteiger partial charge in [-0.2, -0.15) is 0 Å². The first-order chi connectivity index (χ1) is 29.2. The van der Waals surface area contributed by atoms with Crippen LogP contribution in [0.2, 0.25) is 5.02 Å². The molecule has 0 fully saturated rings. The highest BCUT2D eigenvalue weighted by Crippen LogP contribution is 2.42. The van der Waals surface area contributed by atoms with Gasteiger partial charge in [0.15, 0.2) is 5.78 Å². The number of anilines is 1. The molecule has 4 aromatic carbocycles. The molecule has 0 bridgehead atoms. The first-order valence-corrected chi connectivity index (χ1v) is 20.5. The molecule has 2 N–H and O–H groups in total. The van der Waals surface area contributed by atoms with Crippen LogP contribution in [0.3, 0.4) is 0 Å². The van der Waals surface area contributed by atoms with E-state index in [2.05, 4.69) is 5.32 Å². The van der Waals surface area contributed by atoms with Crippen molar-refractivity contribution in [1.29, 1.82) is 0 Å². The quantitative estimate of drug-likeness (QED) is 0.0523. The molecule has 1 aliphatic heterocycles. The molecule has 2 heterocycles. The molecule has 1 amide bonds. The fourth-order valence-electron chi connectivity index (χ4n) is 7.83. The fourth-order valence-corrected chi connectivity index (χ4v) is 7.96. The van der Waals surface area contributed by atoms with Gasteiger partial charge in [0.05, 0.1) is 30.6 Å². The lowest BCUT2D eigenvalue weighted by atomic mass is 9.88. The number of carbonyl (C=O) groups excluding carboxylic acids is 4. The standard InChI is InChI=1S/C49H47ClN4O7/c1-29-39(40-23-30(28-55)10-21-42(40)54(29)48(58)31-11-14-33(50)15-12-31)27-46(57)51-22-8-6-7-9-43(56)32-13-18-36(49(59)60)41(24-32)47-37-19-16-34(52(2)3)25-44(37)61-45-26-35(53(4)5)17-20-38(45)47/h10-21,23-26,55H,6-9,22,27-28H2,1-5H3,(H-,51,57,59,60). The van der Waals surface area contributed by atoms with Crippen LogP contribution in [0.1, 0.15) is 73.6 Å². The molecular formula is C49H47ClN4O7. The first kappa shape index (κ1) is 42.6. The van der Waals surface area contributed by atoms with Gasteiger partial charge in [-0.15, -0.1) is 0 Å². The molecule has 1 aliphatic carbocycles. The second-order valence-corrected chi connectivity index (χ2v) is 16.1. The summed E-state index contributed by atoms with van der Waals surface area (Å²) in [4.78, 5) is 55.1. The number of aliphatic hydroxyl groups is 1. The molecular weight excluding hydrogens is 792 g/mol. The van der Waals surface area contributed by atoms with E-state index >= 15 is 0 Å². The zero-order chi connectivity index (χ0) is 43.5. The summed E-state index contributed by atoms with van der Waals surface area (Å²) in [5.41, 5.74) is 6.64. The number of carboxylic acid groups (broad SMARTS) is 1. The van der Waals surface area contributed by atoms with Crippen LogP contribution >= 0.6 is 11.6 Å². The van der Waals surface area contributed by atoms with Gasteiger partial charge in [0.25, 0.3) is 5.91 Å². The molecule has 61 heavy (non-hydrogen) atoms. The van der Waals surface area contributed by atoms with Crippen molar-refractivity contribution < 1.29 is 33.8 Å². The maximum atomic E-state index is 13.7. The van der Waals surface area contributed by atoms with Gasteiger partial charge in [0.2, 0.25) is 11.3 Å². The second-order valence-electron chi connectivity index (χ2n) is 15.7. The Bertz CT molecular complexity index is 2890. The number of nitrogens with one attached hydrogen (secondary N) is 1. The second kappa shape index (κ2) is 18.0. The molecule has 0 saturated heterocycles. The van der Waals surface area contributed by atoms with E-state index in [0.717, 1.165) is 16.4 Å². The Morgan fingerprint density at radius 2 is 1.59 bits per heavy atom. The Morgan fingerprint density at radius 3 is 2.30 bits per heavy atom. The summed E-state index contributed by atoms with van der Waals surface area (Å²) in [6, 6.07) is 28.1. The minimum absolute atomic E-state index is 0.0313. The molecule has 1 aromatic heterocycles. The van der Waals surface area contributed by atoms with Crippen LogP contribution < -0.4 is 25.3 Å². The van der Waals surface area contributed by atoms with E-state index in [-0.39, 0.29) is 42.6 Å². The first-order valence-electron chi connectivity index (χ1n) is 20.1. The molecule has 12 heteroatoms. The predicted molar refractivity (Wildman–Crippen MR) is 237 cm³/mol. The number of aliphatic hydroxyl groups excluding tert-OH is 1. The van der Waals surface area contributed by atoms with Gasteiger partial charge in [-0.25, -0.2) is 4.58 Å². The van der Waals surface area contributed by atoms with Crippen molar-refractivity contribution in [2.24, 2.45) is 0 Å². The van der Waals surface area contributed by atoms with Crippen molar-refractivity contribution in [3.63, 3.8) is 0 Å². The summed E-state index contributed by atoms with van der Waals surface area (Å²) in [5.74, 6) is -1.37. The van der Waals surface area contributed by atoms with Crippen LogP contribution in [0.4, 0.5) is 5.69 Å². The molecule has 0 unspecified atom stereocenters. The number of Topliss-reactive ketones (excluding diaryl/α,β-unsaturated/α-hetero) is 1. The van der Waals surface area contributed by atoms with Crippen molar-refractivity contribution in [1.82, 2.24) is 14.5 Å². The van der Waals surface area contributed by atoms with E-state index in [1.54, 1.807) is 47.0 Å². The molecule has 0 saturated carbocycles. The monoisotopic (exact) mass is 838 g/mol. The van der Waals surface area contributed by atoms with E-state index in [1.165, 1.54) is 12.1 Å². The number of rotatable bonds is 14. The Labute approximate surface area is 358 Å². The predicted octanol–water partition coefficient (Wildman–Crippen LogP) is 6.87. The number of hydrogen-bond donors (Lipinski definition) is 2. The van der Waals surface area contributed by atoms with Crippen LogP contribution in [0.25, 0.3) is 44.3 Å². The topological polar surface area (TPSA) is 148 Å². The van der Waals surface area contributed by atoms with Gasteiger partial charge in [-0.1, -0.05) is 36.2 Å². The Kier molecular flexibility index (Phi) is 12.5. The van der Waals surface area contributed by atoms with Gasteiger partial charge in [-0.05, 0) is 97.1 Å². The van der Waals surface area contributed by atoms with Crippen molar-refractivity contribution in [3.8, 4) is 22.5 Å². The van der Waals surface area contributed by atoms with Gasteiger partial charge in [-0.3, -0.25) is 19.0 Å². The van der Waals surface area contributed by atoms with E-state index in [0.29, 0.717) is 97.7 Å². The third kappa shape index (κ3) is 8.85. The molecule has 0 atom stereocenters. The molecule has 312 valence electrons. The number of aromatic carboxylic acids is 1. The number of carboxylic acids is 1. The third-order valence-corrected chi connectivity index (χ3v) is 11.4. The molecule has 0 radical (unpaired) electrons. The number of unbranched alkanes of at least 4 members (excludes halogenated alkanes) is 2. The van der Waals surface area contributed by atoms with Gasteiger partial charge >= 0.3 is 0 Å². The summed E-state index contributed by atoms with van der Waals surface area (Å²) in [7, 11) is 7.72. The zero-order valence-corrected chi connectivity index (χ0v) is 35.6. The summed E-state index contributed by atoms with van der Waals surface area (Å²) >= 11 is 6.06. The Hall–Kier alpha value is -6.56. The lowest BCUT2D eigenvalue weighted by Crippen LogP contribution is -2.26. The van der Waals surface area contributed by atoms with Crippen molar-refractivity contribution in [2.75, 3.05) is 39.6 Å². The number of aromatic nitrogens is 1. The van der Waals surface area contributed by atoms with Gasteiger partial charge < -0.3 is 29.6 Å². The summed E-state index contributed by atoms with van der Waals surface area (Å²) in [6.07, 6.45) is 2.13. The maximum absolute atomic E-state index is 13.7. The van der Waals surface area contributed by atoms with Crippen LogP contribution in [0.15, 0.2) is 101 Å². The largest absolute Gasteiger partial charge is 0.545 e. The highest BCUT2D eigenvalue weighted by Gasteiger charge is 2.24. The molecule has 5 aromatic rings. The maximum Gasteiger partial charge on any atom is 0.262 e. The number of amides is 1. The van der Waals surface area contributed by atoms with E-state index in [9.17, 15) is 29.4 Å². The minimum Gasteiger partial charge on any atom is -0.545 e. The van der Waals surface area contributed by atoms with Gasteiger partial charge in [0.1, 0.15) is 25.4 Å². The van der Waals surface area contributed by atoms with Crippen molar-refractivity contribution >= 4 is 62.7 Å². The number of fused-ring (bicyclic) bond motifs is 3. The fraction of sp³-hybridized carbons (Fsp3) is 0.245. The number of carbonyl (C=O) groups is 4. The lowest BCUT2D eigenvalue weighted by molar-refractivity contribution is -0.254. The molecule has 0 spiro atoms. The van der Waals surface area contributed by atoms with E-state index in [4.69, 9.17) is 16.0 Å². The van der Waals surface area contributed by atoms with Crippen LogP contribution in [-0.4, -0.2) is 68.0 Å². The van der Waals surface area contributed by atoms with Crippen LogP contribution in [0, 0.1) is 6.92 Å². The van der Waals surface area contributed by atoms with E-state index < -0.39 is 5.97 Å². The summed E-state index contributed by atoms with van der Waals surface area (Å²) in [5, 5.41) is 28.2. The number of benzene rings is 5. The highest BCUT2D eigenvalue weighted by atomic mass is 35.5. The number of halogens is 1. The van der Waals surface area contributed by atoms with Crippen molar-refractivity contribution in [3.05, 3.63) is 141 Å². The van der Waals surface area contributed by atoms with Gasteiger partial charge in [0, 0.05) is 94.2 Å². The average molecular weight is 839 g/mol. The molecule has 7 rings (SSSR count). The Balaban J connectivity index is 1.04. The van der Waals surface area contributed by atoms with Crippen LogP contribution in [0.5, 0.6) is 0 Å². The lowest BCUT2D eigenvalue weighted by Gasteiger charge is -2.20. The third-order valence-electron chi connectivity index (χ3n) is 11.2. The Morgan fingerprint density at radius 1 is 0.836 bits per heavy atom. The smallest absolute Gasteiger partial charge is 0.262 e. The average Bonchev–Trinajstić information content (AvgIpc) is 3.52. The SMILES string of the molecule is Cc1c(CC(=O)NCCCCCC(=O)c2ccc(C(=O)[O-])c(-c3c4ccc(=[N+](C)C)cc-4oc4cc(N(C)C)ccc34)c2)c2cc(CO)ccc2n1C(=O)c1ccc(Cl)cc1.